The lowest BCUT2D eigenvalue weighted by Gasteiger charge is -2.21. The van der Waals surface area contributed by atoms with Gasteiger partial charge in [0.15, 0.2) is 0 Å². The van der Waals surface area contributed by atoms with E-state index in [4.69, 9.17) is 10.8 Å². The number of hydrogen-bond acceptors (Lipinski definition) is 3. The number of nitrogens with one attached hydrogen (secondary N) is 1. The van der Waals surface area contributed by atoms with Gasteiger partial charge in [0, 0.05) is 6.61 Å². The van der Waals surface area contributed by atoms with Crippen LogP contribution in [0.15, 0.2) is 0 Å². The monoisotopic (exact) mass is 216 g/mol. The van der Waals surface area contributed by atoms with E-state index in [-0.39, 0.29) is 0 Å². The maximum atomic E-state index is 8.86. The van der Waals surface area contributed by atoms with Gasteiger partial charge in [-0.2, -0.15) is 0 Å². The van der Waals surface area contributed by atoms with Gasteiger partial charge in [0.2, 0.25) is 0 Å². The molecular weight excluding hydrogens is 188 g/mol. The molecule has 0 amide bonds. The molecular formula is C12H28N2O. The lowest BCUT2D eigenvalue weighted by Crippen LogP contribution is -2.34. The van der Waals surface area contributed by atoms with E-state index in [1.165, 1.54) is 0 Å². The first kappa shape index (κ1) is 14.9. The number of aliphatic hydroxyl groups is 1. The molecule has 0 saturated heterocycles. The zero-order valence-electron chi connectivity index (χ0n) is 10.5. The number of hydrogen-bond donors (Lipinski definition) is 3. The van der Waals surface area contributed by atoms with E-state index in [0.717, 1.165) is 32.5 Å². The van der Waals surface area contributed by atoms with Crippen molar-refractivity contribution in [2.24, 2.45) is 23.5 Å². The minimum Gasteiger partial charge on any atom is -0.396 e. The van der Waals surface area contributed by atoms with Crippen LogP contribution in [0.1, 0.15) is 33.6 Å². The second-order valence-electron chi connectivity index (χ2n) is 4.68. The molecule has 0 aromatic heterocycles. The van der Waals surface area contributed by atoms with Crippen molar-refractivity contribution in [3.63, 3.8) is 0 Å². The maximum Gasteiger partial charge on any atom is 0.0434 e. The molecule has 2 atom stereocenters. The summed E-state index contributed by atoms with van der Waals surface area (Å²) in [4.78, 5) is 0. The molecule has 0 spiro atoms. The van der Waals surface area contributed by atoms with Crippen molar-refractivity contribution in [2.45, 2.75) is 33.6 Å². The van der Waals surface area contributed by atoms with Crippen LogP contribution in [0.4, 0.5) is 0 Å². The van der Waals surface area contributed by atoms with Gasteiger partial charge in [0.1, 0.15) is 0 Å². The standard InChI is InChI=1S/C12H28N2O/c1-4-11(5-6-15)8-14-9-12(7-13)10(2)3/h10-12,14-15H,4-9,13H2,1-3H3. The quantitative estimate of drug-likeness (QED) is 0.543. The van der Waals surface area contributed by atoms with Crippen molar-refractivity contribution in [3.8, 4) is 0 Å². The van der Waals surface area contributed by atoms with Crippen LogP contribution in [-0.4, -0.2) is 31.3 Å². The third kappa shape index (κ3) is 6.88. The molecule has 0 aliphatic carbocycles. The van der Waals surface area contributed by atoms with Crippen molar-refractivity contribution in [1.29, 1.82) is 0 Å². The Bertz CT molecular complexity index is 140. The number of nitrogens with two attached hydrogens (primary N) is 1. The van der Waals surface area contributed by atoms with E-state index in [0.29, 0.717) is 24.4 Å². The molecule has 0 aromatic carbocycles. The van der Waals surface area contributed by atoms with Gasteiger partial charge in [-0.05, 0) is 43.8 Å². The molecule has 0 heterocycles. The van der Waals surface area contributed by atoms with Crippen LogP contribution in [0.3, 0.4) is 0 Å². The fourth-order valence-electron chi connectivity index (χ4n) is 1.70. The zero-order chi connectivity index (χ0) is 11.7. The molecule has 0 aromatic rings. The normalized spacial score (nSPS) is 15.6. The smallest absolute Gasteiger partial charge is 0.0434 e. The highest BCUT2D eigenvalue weighted by atomic mass is 16.3. The highest BCUT2D eigenvalue weighted by molar-refractivity contribution is 4.68. The van der Waals surface area contributed by atoms with Gasteiger partial charge in [0.05, 0.1) is 0 Å². The van der Waals surface area contributed by atoms with E-state index in [9.17, 15) is 0 Å². The number of rotatable bonds is 9. The second-order valence-corrected chi connectivity index (χ2v) is 4.68. The summed E-state index contributed by atoms with van der Waals surface area (Å²) in [5.74, 6) is 1.80. The Kier molecular flexibility index (Phi) is 9.06. The third-order valence-electron chi connectivity index (χ3n) is 3.20. The fraction of sp³-hybridized carbons (Fsp3) is 1.00. The molecule has 3 nitrogen and oxygen atoms in total. The van der Waals surface area contributed by atoms with Gasteiger partial charge in [-0.1, -0.05) is 27.2 Å². The van der Waals surface area contributed by atoms with Crippen LogP contribution in [-0.2, 0) is 0 Å². The van der Waals surface area contributed by atoms with Crippen molar-refractivity contribution in [2.75, 3.05) is 26.2 Å². The third-order valence-corrected chi connectivity index (χ3v) is 3.20. The van der Waals surface area contributed by atoms with Crippen LogP contribution in [0.25, 0.3) is 0 Å². The summed E-state index contributed by atoms with van der Waals surface area (Å²) in [6.45, 7) is 9.64. The summed E-state index contributed by atoms with van der Waals surface area (Å²) in [6, 6.07) is 0. The molecule has 0 aliphatic rings. The Hall–Kier alpha value is -0.120. The maximum absolute atomic E-state index is 8.86. The van der Waals surface area contributed by atoms with Crippen LogP contribution < -0.4 is 11.1 Å². The molecule has 0 rings (SSSR count). The molecule has 0 bridgehead atoms. The summed E-state index contributed by atoms with van der Waals surface area (Å²) in [5, 5.41) is 12.3. The van der Waals surface area contributed by atoms with Crippen LogP contribution in [0, 0.1) is 17.8 Å². The van der Waals surface area contributed by atoms with Crippen molar-refractivity contribution < 1.29 is 5.11 Å². The fourth-order valence-corrected chi connectivity index (χ4v) is 1.70. The largest absolute Gasteiger partial charge is 0.396 e. The lowest BCUT2D eigenvalue weighted by atomic mass is 9.95. The molecule has 0 radical (unpaired) electrons. The molecule has 3 heteroatoms. The summed E-state index contributed by atoms with van der Waals surface area (Å²) in [7, 11) is 0. The Morgan fingerprint density at radius 3 is 2.33 bits per heavy atom. The highest BCUT2D eigenvalue weighted by Gasteiger charge is 2.11. The van der Waals surface area contributed by atoms with Gasteiger partial charge in [-0.3, -0.25) is 0 Å². The van der Waals surface area contributed by atoms with Gasteiger partial charge >= 0.3 is 0 Å². The van der Waals surface area contributed by atoms with Crippen molar-refractivity contribution in [1.82, 2.24) is 5.32 Å². The predicted octanol–water partition coefficient (Wildman–Crippen LogP) is 1.22. The average Bonchev–Trinajstić information content (AvgIpc) is 2.22. The highest BCUT2D eigenvalue weighted by Crippen LogP contribution is 2.09. The van der Waals surface area contributed by atoms with Gasteiger partial charge in [-0.15, -0.1) is 0 Å². The molecule has 4 N–H and O–H groups in total. The van der Waals surface area contributed by atoms with Crippen LogP contribution in [0.5, 0.6) is 0 Å². The Morgan fingerprint density at radius 2 is 1.93 bits per heavy atom. The first-order valence-electron chi connectivity index (χ1n) is 6.17. The molecule has 0 fully saturated rings. The summed E-state index contributed by atoms with van der Waals surface area (Å²) in [5.41, 5.74) is 5.70. The van der Waals surface area contributed by atoms with E-state index in [1.807, 2.05) is 0 Å². The Labute approximate surface area is 94.4 Å². The molecule has 0 aliphatic heterocycles. The van der Waals surface area contributed by atoms with E-state index in [2.05, 4.69) is 26.1 Å². The topological polar surface area (TPSA) is 58.3 Å². The minimum absolute atomic E-state index is 0.296. The summed E-state index contributed by atoms with van der Waals surface area (Å²) in [6.07, 6.45) is 2.03. The zero-order valence-corrected chi connectivity index (χ0v) is 10.5. The molecule has 2 unspecified atom stereocenters. The van der Waals surface area contributed by atoms with Crippen LogP contribution >= 0.6 is 0 Å². The molecule has 15 heavy (non-hydrogen) atoms. The molecule has 92 valence electrons. The summed E-state index contributed by atoms with van der Waals surface area (Å²) >= 11 is 0. The van der Waals surface area contributed by atoms with E-state index >= 15 is 0 Å². The SMILES string of the molecule is CCC(CCO)CNCC(CN)C(C)C. The van der Waals surface area contributed by atoms with E-state index in [1.54, 1.807) is 0 Å². The van der Waals surface area contributed by atoms with Gasteiger partial charge in [-0.25, -0.2) is 0 Å². The Balaban J connectivity index is 3.65. The Morgan fingerprint density at radius 1 is 1.27 bits per heavy atom. The lowest BCUT2D eigenvalue weighted by molar-refractivity contribution is 0.248. The average molecular weight is 216 g/mol. The van der Waals surface area contributed by atoms with Crippen molar-refractivity contribution >= 4 is 0 Å². The van der Waals surface area contributed by atoms with Gasteiger partial charge < -0.3 is 16.2 Å². The van der Waals surface area contributed by atoms with E-state index < -0.39 is 0 Å². The summed E-state index contributed by atoms with van der Waals surface area (Å²) < 4.78 is 0. The van der Waals surface area contributed by atoms with Gasteiger partial charge in [0.25, 0.3) is 0 Å². The molecule has 0 saturated carbocycles. The minimum atomic E-state index is 0.296. The first-order valence-corrected chi connectivity index (χ1v) is 6.17. The predicted molar refractivity (Wildman–Crippen MR) is 65.7 cm³/mol. The van der Waals surface area contributed by atoms with Crippen LogP contribution in [0.2, 0.25) is 0 Å². The number of aliphatic hydroxyl groups excluding tert-OH is 1. The second kappa shape index (κ2) is 9.13. The van der Waals surface area contributed by atoms with Crippen molar-refractivity contribution in [3.05, 3.63) is 0 Å². The first-order chi connectivity index (χ1) is 7.15.